The second-order valence-electron chi connectivity index (χ2n) is 7.88. The Labute approximate surface area is 179 Å². The molecular formula is C22H24N7O2+. The molecule has 1 aromatic carbocycles. The SMILES string of the molecule is Cn1ccc(Nc2ncnc3ccc(Oc4ccc(OCC5C[NH+](C)C5)cn4)cc23)n1. The summed E-state index contributed by atoms with van der Waals surface area (Å²) < 4.78 is 13.5. The maximum Gasteiger partial charge on any atom is 0.219 e. The number of rotatable bonds is 7. The summed E-state index contributed by atoms with van der Waals surface area (Å²) in [5.41, 5.74) is 0.806. The van der Waals surface area contributed by atoms with Crippen LogP contribution in [0.5, 0.6) is 17.4 Å². The summed E-state index contributed by atoms with van der Waals surface area (Å²) in [6.07, 6.45) is 5.09. The van der Waals surface area contributed by atoms with Crippen molar-refractivity contribution in [1.82, 2.24) is 24.7 Å². The van der Waals surface area contributed by atoms with Gasteiger partial charge in [0.05, 0.1) is 37.8 Å². The smallest absolute Gasteiger partial charge is 0.219 e. The van der Waals surface area contributed by atoms with Gasteiger partial charge in [0.15, 0.2) is 5.82 Å². The second kappa shape index (κ2) is 8.19. The molecule has 0 spiro atoms. The molecule has 9 heteroatoms. The molecule has 4 aromatic rings. The average Bonchev–Trinajstić information content (AvgIpc) is 3.16. The van der Waals surface area contributed by atoms with Gasteiger partial charge in [0, 0.05) is 30.8 Å². The van der Waals surface area contributed by atoms with Crippen LogP contribution in [0.1, 0.15) is 0 Å². The summed E-state index contributed by atoms with van der Waals surface area (Å²) in [6, 6.07) is 11.2. The summed E-state index contributed by atoms with van der Waals surface area (Å²) in [4.78, 5) is 14.6. The van der Waals surface area contributed by atoms with Crippen LogP contribution < -0.4 is 19.7 Å². The monoisotopic (exact) mass is 418 g/mol. The lowest BCUT2D eigenvalue weighted by Crippen LogP contribution is -3.17. The van der Waals surface area contributed by atoms with Gasteiger partial charge in [-0.3, -0.25) is 4.68 Å². The molecule has 3 aromatic heterocycles. The minimum absolute atomic E-state index is 0.496. The van der Waals surface area contributed by atoms with Crippen LogP contribution in [0.3, 0.4) is 0 Å². The molecule has 158 valence electrons. The molecule has 31 heavy (non-hydrogen) atoms. The van der Waals surface area contributed by atoms with E-state index >= 15 is 0 Å². The van der Waals surface area contributed by atoms with Crippen LogP contribution >= 0.6 is 0 Å². The fraction of sp³-hybridized carbons (Fsp3) is 0.273. The van der Waals surface area contributed by atoms with Crippen molar-refractivity contribution in [3.05, 3.63) is 55.1 Å². The largest absolute Gasteiger partial charge is 0.491 e. The first-order valence-corrected chi connectivity index (χ1v) is 10.2. The van der Waals surface area contributed by atoms with Crippen LogP contribution in [0.15, 0.2) is 55.1 Å². The lowest BCUT2D eigenvalue weighted by atomic mass is 10.0. The third-order valence-electron chi connectivity index (χ3n) is 5.26. The zero-order chi connectivity index (χ0) is 21.2. The number of ether oxygens (including phenoxy) is 2. The number of aryl methyl sites for hydroxylation is 1. The van der Waals surface area contributed by atoms with Crippen LogP contribution in [0.2, 0.25) is 0 Å². The van der Waals surface area contributed by atoms with Crippen molar-refractivity contribution in [2.45, 2.75) is 0 Å². The Bertz CT molecular complexity index is 1190. The maximum absolute atomic E-state index is 5.95. The first-order chi connectivity index (χ1) is 15.1. The van der Waals surface area contributed by atoms with Gasteiger partial charge in [0.1, 0.15) is 30.3 Å². The van der Waals surface area contributed by atoms with E-state index in [2.05, 4.69) is 32.4 Å². The van der Waals surface area contributed by atoms with Crippen LogP contribution in [0.25, 0.3) is 10.9 Å². The van der Waals surface area contributed by atoms with Crippen LogP contribution in [0, 0.1) is 5.92 Å². The summed E-state index contributed by atoms with van der Waals surface area (Å²) >= 11 is 0. The number of aromatic nitrogens is 5. The molecule has 0 atom stereocenters. The molecule has 0 aliphatic carbocycles. The molecule has 2 N–H and O–H groups in total. The number of benzene rings is 1. The summed E-state index contributed by atoms with van der Waals surface area (Å²) in [5.74, 6) is 3.90. The predicted octanol–water partition coefficient (Wildman–Crippen LogP) is 1.82. The third kappa shape index (κ3) is 4.41. The molecule has 1 fully saturated rings. The van der Waals surface area contributed by atoms with E-state index in [4.69, 9.17) is 9.47 Å². The Hall–Kier alpha value is -3.72. The van der Waals surface area contributed by atoms with Crippen molar-refractivity contribution in [2.24, 2.45) is 13.0 Å². The van der Waals surface area contributed by atoms with Crippen molar-refractivity contribution in [3.63, 3.8) is 0 Å². The molecule has 0 amide bonds. The van der Waals surface area contributed by atoms with Crippen LogP contribution in [-0.2, 0) is 7.05 Å². The molecule has 0 unspecified atom stereocenters. The predicted molar refractivity (Wildman–Crippen MR) is 116 cm³/mol. The number of likely N-dealkylation sites (tertiary alicyclic amines) is 1. The van der Waals surface area contributed by atoms with Crippen molar-refractivity contribution in [3.8, 4) is 17.4 Å². The molecule has 1 aliphatic heterocycles. The lowest BCUT2D eigenvalue weighted by molar-refractivity contribution is -0.931. The summed E-state index contributed by atoms with van der Waals surface area (Å²) in [7, 11) is 4.06. The highest BCUT2D eigenvalue weighted by Gasteiger charge is 2.28. The molecular weight excluding hydrogens is 394 g/mol. The minimum Gasteiger partial charge on any atom is -0.491 e. The number of fused-ring (bicyclic) bond motifs is 1. The molecule has 0 radical (unpaired) electrons. The van der Waals surface area contributed by atoms with Gasteiger partial charge < -0.3 is 19.7 Å². The molecule has 1 aliphatic rings. The number of hydrogen-bond donors (Lipinski definition) is 2. The van der Waals surface area contributed by atoms with E-state index in [1.807, 2.05) is 49.6 Å². The lowest BCUT2D eigenvalue weighted by Gasteiger charge is -2.31. The van der Waals surface area contributed by atoms with Crippen molar-refractivity contribution in [1.29, 1.82) is 0 Å². The number of anilines is 2. The Morgan fingerprint density at radius 1 is 1.10 bits per heavy atom. The molecule has 5 rings (SSSR count). The second-order valence-corrected chi connectivity index (χ2v) is 7.88. The normalized spacial score (nSPS) is 17.9. The molecule has 0 bridgehead atoms. The van der Waals surface area contributed by atoms with Crippen LogP contribution in [0.4, 0.5) is 11.6 Å². The van der Waals surface area contributed by atoms with Gasteiger partial charge >= 0.3 is 0 Å². The Kier molecular flexibility index (Phi) is 5.09. The zero-order valence-corrected chi connectivity index (χ0v) is 17.4. The number of quaternary nitrogens is 1. The van der Waals surface area contributed by atoms with Gasteiger partial charge in [-0.25, -0.2) is 15.0 Å². The highest BCUT2D eigenvalue weighted by molar-refractivity contribution is 5.91. The maximum atomic E-state index is 5.95. The first kappa shape index (κ1) is 19.3. The van der Waals surface area contributed by atoms with Crippen LogP contribution in [-0.4, -0.2) is 51.5 Å². The summed E-state index contributed by atoms with van der Waals surface area (Å²) in [6.45, 7) is 3.06. The number of nitrogens with one attached hydrogen (secondary N) is 2. The third-order valence-corrected chi connectivity index (χ3v) is 5.26. The fourth-order valence-corrected chi connectivity index (χ4v) is 3.69. The van der Waals surface area contributed by atoms with E-state index < -0.39 is 0 Å². The summed E-state index contributed by atoms with van der Waals surface area (Å²) in [5, 5.41) is 8.40. The van der Waals surface area contributed by atoms with Crippen molar-refractivity contribution in [2.75, 3.05) is 32.1 Å². The van der Waals surface area contributed by atoms with Gasteiger partial charge in [-0.05, 0) is 24.3 Å². The van der Waals surface area contributed by atoms with E-state index in [0.717, 1.165) is 36.3 Å². The van der Waals surface area contributed by atoms with E-state index in [1.165, 1.54) is 6.33 Å². The van der Waals surface area contributed by atoms with E-state index in [1.54, 1.807) is 15.8 Å². The molecule has 0 saturated carbocycles. The number of hydrogen-bond acceptors (Lipinski definition) is 7. The Morgan fingerprint density at radius 2 is 1.97 bits per heavy atom. The van der Waals surface area contributed by atoms with E-state index in [0.29, 0.717) is 29.2 Å². The van der Waals surface area contributed by atoms with E-state index in [9.17, 15) is 0 Å². The van der Waals surface area contributed by atoms with Crippen molar-refractivity contribution >= 4 is 22.5 Å². The van der Waals surface area contributed by atoms with Crippen molar-refractivity contribution < 1.29 is 14.4 Å². The Morgan fingerprint density at radius 3 is 2.71 bits per heavy atom. The van der Waals surface area contributed by atoms with Gasteiger partial charge in [-0.1, -0.05) is 0 Å². The minimum atomic E-state index is 0.496. The number of pyridine rings is 1. The Balaban J connectivity index is 1.29. The highest BCUT2D eigenvalue weighted by atomic mass is 16.5. The van der Waals surface area contributed by atoms with Gasteiger partial charge in [0.25, 0.3) is 0 Å². The first-order valence-electron chi connectivity index (χ1n) is 10.2. The van der Waals surface area contributed by atoms with Gasteiger partial charge in [-0.15, -0.1) is 0 Å². The van der Waals surface area contributed by atoms with Gasteiger partial charge in [0.2, 0.25) is 5.88 Å². The molecule has 1 saturated heterocycles. The number of nitrogens with zero attached hydrogens (tertiary/aromatic N) is 5. The topological polar surface area (TPSA) is 91.4 Å². The fourth-order valence-electron chi connectivity index (χ4n) is 3.69. The highest BCUT2D eigenvalue weighted by Crippen LogP contribution is 2.29. The quantitative estimate of drug-likeness (QED) is 0.473. The standard InChI is InChI=1S/C22H23N7O2/c1-28-11-15(12-28)13-30-17-4-6-21(23-10-17)31-16-3-5-19-18(9-16)22(25-14-24-19)26-20-7-8-29(2)27-20/h3-10,14-15H,11-13H2,1-2H3,(H,24,25,26,27)/p+1. The molecule has 4 heterocycles. The molecule has 9 nitrogen and oxygen atoms in total. The average molecular weight is 418 g/mol. The van der Waals surface area contributed by atoms with E-state index in [-0.39, 0.29) is 0 Å². The van der Waals surface area contributed by atoms with Gasteiger partial charge in [-0.2, -0.15) is 5.10 Å². The zero-order valence-electron chi connectivity index (χ0n) is 17.4.